The summed E-state index contributed by atoms with van der Waals surface area (Å²) in [6.07, 6.45) is 3.06. The monoisotopic (exact) mass is 417 g/mol. The van der Waals surface area contributed by atoms with Crippen LogP contribution in [0.25, 0.3) is 15.9 Å². The van der Waals surface area contributed by atoms with Crippen LogP contribution in [-0.4, -0.2) is 32.5 Å². The van der Waals surface area contributed by atoms with Gasteiger partial charge in [0.15, 0.2) is 0 Å². The van der Waals surface area contributed by atoms with E-state index in [4.69, 9.17) is 11.6 Å². The number of amides is 1. The second kappa shape index (κ2) is 7.56. The Kier molecular flexibility index (Phi) is 5.12. The fourth-order valence-electron chi connectivity index (χ4n) is 3.75. The Bertz CT molecular complexity index is 1150. The largest absolute Gasteiger partial charge is 0.338 e. The van der Waals surface area contributed by atoms with Crippen LogP contribution >= 0.6 is 22.9 Å². The van der Waals surface area contributed by atoms with Crippen molar-refractivity contribution in [1.29, 1.82) is 0 Å². The maximum atomic E-state index is 13.2. The zero-order valence-corrected chi connectivity index (χ0v) is 17.0. The molecule has 8 heteroatoms. The molecule has 0 N–H and O–H groups in total. The van der Waals surface area contributed by atoms with Gasteiger partial charge in [-0.2, -0.15) is 0 Å². The number of fused-ring (bicyclic) bond motifs is 1. The Morgan fingerprint density at radius 1 is 1.18 bits per heavy atom. The Labute approximate surface area is 170 Å². The van der Waals surface area contributed by atoms with Crippen LogP contribution in [0.15, 0.2) is 45.3 Å². The van der Waals surface area contributed by atoms with Gasteiger partial charge in [-0.3, -0.25) is 14.2 Å². The maximum absolute atomic E-state index is 13.2. The molecular formula is C20H20ClN3O3S. The van der Waals surface area contributed by atoms with E-state index in [1.54, 1.807) is 35.7 Å². The number of thiophene rings is 1. The van der Waals surface area contributed by atoms with Gasteiger partial charge in [0.25, 0.3) is 5.56 Å². The third-order valence-electron chi connectivity index (χ3n) is 5.26. The van der Waals surface area contributed by atoms with Crippen LogP contribution in [0.3, 0.4) is 0 Å². The molecule has 1 aliphatic heterocycles. The lowest BCUT2D eigenvalue weighted by Gasteiger charge is -2.33. The number of rotatable bonds is 3. The topological polar surface area (TPSA) is 64.3 Å². The number of likely N-dealkylation sites (tertiary alicyclic amines) is 1. The lowest BCUT2D eigenvalue weighted by molar-refractivity contribution is -0.135. The number of benzene rings is 1. The molecule has 0 aliphatic carbocycles. The van der Waals surface area contributed by atoms with Gasteiger partial charge >= 0.3 is 5.69 Å². The molecule has 4 rings (SSSR count). The summed E-state index contributed by atoms with van der Waals surface area (Å²) in [6, 6.07) is 8.41. The van der Waals surface area contributed by atoms with Gasteiger partial charge in [0.2, 0.25) is 5.91 Å². The van der Waals surface area contributed by atoms with Crippen molar-refractivity contribution in [1.82, 2.24) is 14.0 Å². The van der Waals surface area contributed by atoms with Gasteiger partial charge in [-0.15, -0.1) is 11.3 Å². The number of carbonyl (C=O) groups is 1. The molecule has 0 radical (unpaired) electrons. The number of aromatic nitrogens is 2. The van der Waals surface area contributed by atoms with Crippen LogP contribution in [0.2, 0.25) is 5.02 Å². The molecule has 0 unspecified atom stereocenters. The van der Waals surface area contributed by atoms with Gasteiger partial charge in [0, 0.05) is 17.6 Å². The minimum Gasteiger partial charge on any atom is -0.338 e. The number of nitrogens with zero attached hydrogens (tertiary/aromatic N) is 3. The normalized spacial score (nSPS) is 17.2. The lowest BCUT2D eigenvalue weighted by atomic mass is 10.0. The van der Waals surface area contributed by atoms with Gasteiger partial charge < -0.3 is 4.90 Å². The van der Waals surface area contributed by atoms with E-state index >= 15 is 0 Å². The first-order chi connectivity index (χ1) is 13.5. The highest BCUT2D eigenvalue weighted by Crippen LogP contribution is 2.20. The molecule has 0 saturated carbocycles. The highest BCUT2D eigenvalue weighted by atomic mass is 35.5. The van der Waals surface area contributed by atoms with E-state index in [-0.39, 0.29) is 24.1 Å². The zero-order valence-electron chi connectivity index (χ0n) is 15.4. The summed E-state index contributed by atoms with van der Waals surface area (Å²) in [5.41, 5.74) is 0.0362. The number of halogens is 1. The third-order valence-corrected chi connectivity index (χ3v) is 6.40. The first-order valence-electron chi connectivity index (χ1n) is 9.26. The Hall–Kier alpha value is -2.38. The average molecular weight is 418 g/mol. The summed E-state index contributed by atoms with van der Waals surface area (Å²) in [5, 5.41) is 2.28. The molecule has 1 fully saturated rings. The molecule has 0 bridgehead atoms. The molecule has 1 amide bonds. The molecule has 1 saturated heterocycles. The van der Waals surface area contributed by atoms with Crippen molar-refractivity contribution >= 4 is 39.1 Å². The van der Waals surface area contributed by atoms with E-state index in [1.807, 2.05) is 11.8 Å². The molecule has 3 heterocycles. The van der Waals surface area contributed by atoms with Crippen molar-refractivity contribution in [2.24, 2.45) is 0 Å². The second-order valence-corrected chi connectivity index (χ2v) is 8.41. The number of hydrogen-bond acceptors (Lipinski definition) is 4. The minimum absolute atomic E-state index is 0.0791. The smallest absolute Gasteiger partial charge is 0.336 e. The molecule has 28 heavy (non-hydrogen) atoms. The van der Waals surface area contributed by atoms with Crippen LogP contribution < -0.4 is 11.2 Å². The van der Waals surface area contributed by atoms with Crippen LogP contribution in [0.5, 0.6) is 0 Å². The highest BCUT2D eigenvalue weighted by Gasteiger charge is 2.25. The summed E-state index contributed by atoms with van der Waals surface area (Å²) in [7, 11) is 0. The third kappa shape index (κ3) is 3.29. The van der Waals surface area contributed by atoms with Gasteiger partial charge in [0.05, 0.1) is 11.2 Å². The number of hydrogen-bond donors (Lipinski definition) is 0. The lowest BCUT2D eigenvalue weighted by Crippen LogP contribution is -2.46. The van der Waals surface area contributed by atoms with E-state index in [9.17, 15) is 14.4 Å². The van der Waals surface area contributed by atoms with E-state index in [1.165, 1.54) is 15.9 Å². The number of carbonyl (C=O) groups excluding carboxylic acids is 1. The van der Waals surface area contributed by atoms with Crippen molar-refractivity contribution in [2.75, 3.05) is 6.54 Å². The Morgan fingerprint density at radius 3 is 2.64 bits per heavy atom. The van der Waals surface area contributed by atoms with E-state index in [0.29, 0.717) is 27.5 Å². The molecule has 0 spiro atoms. The predicted molar refractivity (Wildman–Crippen MR) is 112 cm³/mol. The van der Waals surface area contributed by atoms with E-state index in [0.717, 1.165) is 23.8 Å². The van der Waals surface area contributed by atoms with E-state index < -0.39 is 5.69 Å². The van der Waals surface area contributed by atoms with Gasteiger partial charge in [0.1, 0.15) is 11.2 Å². The summed E-state index contributed by atoms with van der Waals surface area (Å²) in [6.45, 7) is 2.66. The molecule has 146 valence electrons. The molecule has 1 aliphatic rings. The van der Waals surface area contributed by atoms with Gasteiger partial charge in [-0.25, -0.2) is 9.36 Å². The minimum atomic E-state index is -0.517. The maximum Gasteiger partial charge on any atom is 0.336 e. The quantitative estimate of drug-likeness (QED) is 0.657. The van der Waals surface area contributed by atoms with Crippen LogP contribution in [0.1, 0.15) is 26.2 Å². The first kappa shape index (κ1) is 19.0. The SMILES string of the molecule is C[C@@H]1CCCCN1C(=O)Cn1c(=O)n(-c2ccc(Cl)cc2)c(=O)c2sccc21. The van der Waals surface area contributed by atoms with Crippen molar-refractivity contribution < 1.29 is 4.79 Å². The first-order valence-corrected chi connectivity index (χ1v) is 10.5. The molecular weight excluding hydrogens is 398 g/mol. The summed E-state index contributed by atoms with van der Waals surface area (Å²) < 4.78 is 2.97. The van der Waals surface area contributed by atoms with Crippen molar-refractivity contribution in [2.45, 2.75) is 38.8 Å². The fraction of sp³-hybridized carbons (Fsp3) is 0.350. The molecule has 1 atom stereocenters. The molecule has 1 aromatic carbocycles. The van der Waals surface area contributed by atoms with Gasteiger partial charge in [-0.05, 0) is 61.9 Å². The van der Waals surface area contributed by atoms with Gasteiger partial charge in [-0.1, -0.05) is 11.6 Å². The van der Waals surface area contributed by atoms with Crippen molar-refractivity contribution in [3.05, 3.63) is 61.6 Å². The second-order valence-electron chi connectivity index (χ2n) is 7.05. The Morgan fingerprint density at radius 2 is 1.93 bits per heavy atom. The predicted octanol–water partition coefficient (Wildman–Crippen LogP) is 3.27. The molecule has 6 nitrogen and oxygen atoms in total. The van der Waals surface area contributed by atoms with Crippen LogP contribution in [-0.2, 0) is 11.3 Å². The van der Waals surface area contributed by atoms with Crippen molar-refractivity contribution in [3.8, 4) is 5.69 Å². The Balaban J connectivity index is 1.83. The molecule has 2 aromatic heterocycles. The summed E-state index contributed by atoms with van der Waals surface area (Å²) >= 11 is 7.21. The number of piperidine rings is 1. The fourth-order valence-corrected chi connectivity index (χ4v) is 4.70. The summed E-state index contributed by atoms with van der Waals surface area (Å²) in [5.74, 6) is -0.0943. The standard InChI is InChI=1S/C20H20ClN3O3S/c1-13-4-2-3-10-22(13)17(25)12-23-16-9-11-28-18(16)19(26)24(20(23)27)15-7-5-14(21)6-8-15/h5-9,11,13H,2-4,10,12H2,1H3/t13-/m1/s1. The van der Waals surface area contributed by atoms with E-state index in [2.05, 4.69) is 0 Å². The average Bonchev–Trinajstić information content (AvgIpc) is 3.17. The highest BCUT2D eigenvalue weighted by molar-refractivity contribution is 7.17. The zero-order chi connectivity index (χ0) is 19.8. The van der Waals surface area contributed by atoms with Crippen LogP contribution in [0.4, 0.5) is 0 Å². The van der Waals surface area contributed by atoms with Crippen LogP contribution in [0, 0.1) is 0 Å². The summed E-state index contributed by atoms with van der Waals surface area (Å²) in [4.78, 5) is 40.9. The molecule has 3 aromatic rings. The van der Waals surface area contributed by atoms with Crippen molar-refractivity contribution in [3.63, 3.8) is 0 Å².